The highest BCUT2D eigenvalue weighted by atomic mass is 35.5. The Hall–Kier alpha value is -2.14. The SMILES string of the molecule is NC(=O)N(CCCl)c1cccc(-c2ccc([C@@]3(CC(=O)NO)CCCCS3(=O)=O)s2)c1. The lowest BCUT2D eigenvalue weighted by atomic mass is 9.94. The summed E-state index contributed by atoms with van der Waals surface area (Å²) >= 11 is 7.06. The third-order valence-corrected chi connectivity index (χ3v) is 9.70. The molecule has 1 aromatic heterocycles. The summed E-state index contributed by atoms with van der Waals surface area (Å²) in [6, 6.07) is 10.1. The molecule has 0 radical (unpaired) electrons. The molecule has 1 atom stereocenters. The number of sulfone groups is 1. The Bertz CT molecular complexity index is 1070. The van der Waals surface area contributed by atoms with Gasteiger partial charge in [-0.15, -0.1) is 22.9 Å². The van der Waals surface area contributed by atoms with Crippen LogP contribution in [-0.4, -0.2) is 43.7 Å². The Morgan fingerprint density at radius 3 is 2.68 bits per heavy atom. The van der Waals surface area contributed by atoms with Crippen LogP contribution >= 0.6 is 22.9 Å². The maximum Gasteiger partial charge on any atom is 0.319 e. The van der Waals surface area contributed by atoms with E-state index in [4.69, 9.17) is 22.5 Å². The molecule has 8 nitrogen and oxygen atoms in total. The first-order chi connectivity index (χ1) is 14.7. The van der Waals surface area contributed by atoms with Crippen LogP contribution < -0.4 is 16.1 Å². The van der Waals surface area contributed by atoms with E-state index in [1.807, 2.05) is 6.07 Å². The number of carbonyl (C=O) groups excluding carboxylic acids is 2. The van der Waals surface area contributed by atoms with Crippen molar-refractivity contribution in [2.45, 2.75) is 30.4 Å². The number of rotatable bonds is 7. The first-order valence-corrected chi connectivity index (χ1v) is 12.7. The van der Waals surface area contributed by atoms with Gasteiger partial charge in [-0.25, -0.2) is 18.7 Å². The molecule has 4 N–H and O–H groups in total. The molecule has 1 aliphatic heterocycles. The van der Waals surface area contributed by atoms with Gasteiger partial charge in [0.1, 0.15) is 4.75 Å². The molecule has 11 heteroatoms. The Morgan fingerprint density at radius 2 is 2.03 bits per heavy atom. The van der Waals surface area contributed by atoms with Crippen LogP contribution in [0.15, 0.2) is 36.4 Å². The van der Waals surface area contributed by atoms with Crippen molar-refractivity contribution in [2.24, 2.45) is 5.73 Å². The van der Waals surface area contributed by atoms with Gasteiger partial charge in [-0.3, -0.25) is 14.9 Å². The zero-order valence-corrected chi connectivity index (χ0v) is 19.1. The van der Waals surface area contributed by atoms with E-state index in [9.17, 15) is 18.0 Å². The van der Waals surface area contributed by atoms with E-state index < -0.39 is 26.5 Å². The second kappa shape index (κ2) is 9.56. The third kappa shape index (κ3) is 4.72. The molecule has 3 amide bonds. The van der Waals surface area contributed by atoms with Crippen molar-refractivity contribution in [3.63, 3.8) is 0 Å². The molecule has 0 bridgehead atoms. The number of urea groups is 1. The van der Waals surface area contributed by atoms with Gasteiger partial charge in [0.2, 0.25) is 5.91 Å². The van der Waals surface area contributed by atoms with Gasteiger partial charge in [0.05, 0.1) is 12.2 Å². The Kier molecular flexibility index (Phi) is 7.25. The van der Waals surface area contributed by atoms with E-state index in [1.165, 1.54) is 16.2 Å². The summed E-state index contributed by atoms with van der Waals surface area (Å²) in [5.74, 6) is -0.509. The monoisotopic (exact) mass is 485 g/mol. The summed E-state index contributed by atoms with van der Waals surface area (Å²) in [5, 5.41) is 9.01. The van der Waals surface area contributed by atoms with Crippen LogP contribution in [0, 0.1) is 0 Å². The topological polar surface area (TPSA) is 130 Å². The number of halogens is 1. The number of alkyl halides is 1. The minimum absolute atomic E-state index is 0.000421. The molecular weight excluding hydrogens is 462 g/mol. The van der Waals surface area contributed by atoms with E-state index in [1.54, 1.807) is 35.8 Å². The number of nitrogens with zero attached hydrogens (tertiary/aromatic N) is 1. The number of hydroxylamine groups is 1. The van der Waals surface area contributed by atoms with Crippen LogP contribution in [0.1, 0.15) is 30.6 Å². The first-order valence-electron chi connectivity index (χ1n) is 9.73. The molecule has 1 fully saturated rings. The average Bonchev–Trinajstić information content (AvgIpc) is 3.24. The number of nitrogens with two attached hydrogens (primary N) is 1. The lowest BCUT2D eigenvalue weighted by Gasteiger charge is -2.35. The van der Waals surface area contributed by atoms with E-state index in [-0.39, 0.29) is 24.6 Å². The van der Waals surface area contributed by atoms with Gasteiger partial charge in [0.15, 0.2) is 9.84 Å². The first kappa shape index (κ1) is 23.5. The minimum Gasteiger partial charge on any atom is -0.351 e. The van der Waals surface area contributed by atoms with Crippen molar-refractivity contribution in [3.05, 3.63) is 41.3 Å². The highest BCUT2D eigenvalue weighted by molar-refractivity contribution is 7.92. The zero-order chi connectivity index (χ0) is 22.6. The van der Waals surface area contributed by atoms with Crippen molar-refractivity contribution < 1.29 is 23.2 Å². The standard InChI is InChI=1S/C20H24ClN3O5S2/c21-9-10-24(19(22)26)15-5-3-4-14(12-15)16-6-7-17(30-16)20(13-18(25)23-27)8-1-2-11-31(20,28)29/h3-7,12,27H,1-2,8-11,13H2,(H2,22,26)(H,23,25)/t20-/m0/s1. The maximum atomic E-state index is 13.1. The summed E-state index contributed by atoms with van der Waals surface area (Å²) in [6.45, 7) is 0.258. The summed E-state index contributed by atoms with van der Waals surface area (Å²) in [7, 11) is -3.60. The molecule has 31 heavy (non-hydrogen) atoms. The van der Waals surface area contributed by atoms with Crippen LogP contribution in [0.3, 0.4) is 0 Å². The molecule has 1 aliphatic rings. The fourth-order valence-corrected chi connectivity index (χ4v) is 7.88. The smallest absolute Gasteiger partial charge is 0.319 e. The van der Waals surface area contributed by atoms with Gasteiger partial charge in [0.25, 0.3) is 0 Å². The quantitative estimate of drug-likeness (QED) is 0.315. The average molecular weight is 486 g/mol. The number of nitrogens with one attached hydrogen (secondary N) is 1. The number of benzene rings is 1. The lowest BCUT2D eigenvalue weighted by Crippen LogP contribution is -2.43. The van der Waals surface area contributed by atoms with E-state index in [2.05, 4.69) is 0 Å². The van der Waals surface area contributed by atoms with E-state index >= 15 is 0 Å². The number of amides is 3. The largest absolute Gasteiger partial charge is 0.351 e. The van der Waals surface area contributed by atoms with E-state index in [0.717, 1.165) is 10.4 Å². The van der Waals surface area contributed by atoms with Crippen molar-refractivity contribution >= 4 is 50.4 Å². The van der Waals surface area contributed by atoms with Gasteiger partial charge < -0.3 is 5.73 Å². The Balaban J connectivity index is 2.02. The molecular formula is C20H24ClN3O5S2. The molecule has 0 saturated carbocycles. The number of primary amides is 1. The normalized spacial score (nSPS) is 20.2. The molecule has 1 saturated heterocycles. The van der Waals surface area contributed by atoms with E-state index in [0.29, 0.717) is 29.8 Å². The zero-order valence-electron chi connectivity index (χ0n) is 16.7. The van der Waals surface area contributed by atoms with Crippen LogP contribution in [0.25, 0.3) is 10.4 Å². The maximum absolute atomic E-state index is 13.1. The van der Waals surface area contributed by atoms with Crippen molar-refractivity contribution in [1.29, 1.82) is 0 Å². The van der Waals surface area contributed by atoms with Gasteiger partial charge >= 0.3 is 6.03 Å². The van der Waals surface area contributed by atoms with Crippen molar-refractivity contribution in [3.8, 4) is 10.4 Å². The fraction of sp³-hybridized carbons (Fsp3) is 0.400. The van der Waals surface area contributed by atoms with Crippen molar-refractivity contribution in [1.82, 2.24) is 5.48 Å². The third-order valence-electron chi connectivity index (χ3n) is 5.48. The number of hydrogen-bond acceptors (Lipinski definition) is 6. The van der Waals surface area contributed by atoms with Crippen LogP contribution in [0.4, 0.5) is 10.5 Å². The lowest BCUT2D eigenvalue weighted by molar-refractivity contribution is -0.130. The molecule has 1 aromatic carbocycles. The predicted molar refractivity (Wildman–Crippen MR) is 121 cm³/mol. The van der Waals surface area contributed by atoms with Gasteiger partial charge in [-0.2, -0.15) is 0 Å². The van der Waals surface area contributed by atoms with Crippen LogP contribution in [0.5, 0.6) is 0 Å². The predicted octanol–water partition coefficient (Wildman–Crippen LogP) is 3.23. The summed E-state index contributed by atoms with van der Waals surface area (Å²) in [5.41, 5.74) is 8.39. The second-order valence-corrected chi connectivity index (χ2v) is 11.3. The number of hydrogen-bond donors (Lipinski definition) is 3. The summed E-state index contributed by atoms with van der Waals surface area (Å²) in [4.78, 5) is 26.5. The highest BCUT2D eigenvalue weighted by Crippen LogP contribution is 2.47. The Labute approximate surface area is 189 Å². The number of thiophene rings is 1. The van der Waals surface area contributed by atoms with Crippen LogP contribution in [0.2, 0.25) is 0 Å². The number of anilines is 1. The van der Waals surface area contributed by atoms with Gasteiger partial charge in [-0.05, 0) is 42.7 Å². The van der Waals surface area contributed by atoms with Gasteiger partial charge in [-0.1, -0.05) is 18.6 Å². The molecule has 2 aromatic rings. The second-order valence-electron chi connectivity index (χ2n) is 7.38. The van der Waals surface area contributed by atoms with Crippen LogP contribution in [-0.2, 0) is 19.4 Å². The summed E-state index contributed by atoms with van der Waals surface area (Å²) < 4.78 is 24.8. The number of carbonyl (C=O) groups is 2. The molecule has 3 rings (SSSR count). The Morgan fingerprint density at radius 1 is 1.26 bits per heavy atom. The summed E-state index contributed by atoms with van der Waals surface area (Å²) in [6.07, 6.45) is 1.20. The minimum atomic E-state index is -3.60. The molecule has 0 aliphatic carbocycles. The highest BCUT2D eigenvalue weighted by Gasteiger charge is 2.49. The fourth-order valence-electron chi connectivity index (χ4n) is 3.93. The molecule has 168 valence electrons. The van der Waals surface area contributed by atoms with Crippen molar-refractivity contribution in [2.75, 3.05) is 23.1 Å². The molecule has 0 spiro atoms. The van der Waals surface area contributed by atoms with Gasteiger partial charge in [0, 0.05) is 27.9 Å². The molecule has 0 unspecified atom stereocenters. The molecule has 2 heterocycles.